The topological polar surface area (TPSA) is 41.1 Å². The van der Waals surface area contributed by atoms with Crippen LogP contribution >= 0.6 is 0 Å². The van der Waals surface area contributed by atoms with Gasteiger partial charge in [-0.25, -0.2) is 9.97 Å². The minimum atomic E-state index is 0.852. The highest BCUT2D eigenvalue weighted by atomic mass is 15.2. The molecule has 0 aromatic carbocycles. The van der Waals surface area contributed by atoms with Gasteiger partial charge in [-0.2, -0.15) is 0 Å². The quantitative estimate of drug-likeness (QED) is 0.741. The predicted molar refractivity (Wildman–Crippen MR) is 84.0 cm³/mol. The minimum absolute atomic E-state index is 0.852. The van der Waals surface area contributed by atoms with Gasteiger partial charge in [0, 0.05) is 37.1 Å². The summed E-state index contributed by atoms with van der Waals surface area (Å²) >= 11 is 0. The number of hydrogen-bond acceptors (Lipinski definition) is 4. The molecule has 0 saturated heterocycles. The number of aryl methyl sites for hydroxylation is 1. The van der Waals surface area contributed by atoms with Crippen molar-refractivity contribution in [3.63, 3.8) is 0 Å². The van der Waals surface area contributed by atoms with Crippen LogP contribution in [0.2, 0.25) is 0 Å². The van der Waals surface area contributed by atoms with E-state index in [0.29, 0.717) is 0 Å². The summed E-state index contributed by atoms with van der Waals surface area (Å²) in [5.41, 5.74) is 2.31. The molecule has 0 amide bonds. The van der Waals surface area contributed by atoms with E-state index in [0.717, 1.165) is 50.2 Å². The van der Waals surface area contributed by atoms with Crippen molar-refractivity contribution in [2.24, 2.45) is 5.92 Å². The third-order valence-electron chi connectivity index (χ3n) is 4.18. The van der Waals surface area contributed by atoms with Crippen LogP contribution in [0.5, 0.6) is 0 Å². The van der Waals surface area contributed by atoms with Crippen molar-refractivity contribution in [1.82, 2.24) is 15.3 Å². The Morgan fingerprint density at radius 2 is 2.15 bits per heavy atom. The van der Waals surface area contributed by atoms with Gasteiger partial charge in [-0.15, -0.1) is 0 Å². The highest BCUT2D eigenvalue weighted by Gasteiger charge is 2.21. The molecular formula is C16H28N4. The zero-order valence-electron chi connectivity index (χ0n) is 13.2. The fourth-order valence-corrected chi connectivity index (χ4v) is 2.54. The van der Waals surface area contributed by atoms with Crippen LogP contribution in [0.25, 0.3) is 0 Å². The van der Waals surface area contributed by atoms with Gasteiger partial charge in [0.05, 0.1) is 0 Å². The Morgan fingerprint density at radius 3 is 2.70 bits per heavy atom. The summed E-state index contributed by atoms with van der Waals surface area (Å²) in [6, 6.07) is 0. The number of rotatable bonds is 8. The van der Waals surface area contributed by atoms with Crippen LogP contribution in [-0.4, -0.2) is 29.6 Å². The second-order valence-corrected chi connectivity index (χ2v) is 5.79. The van der Waals surface area contributed by atoms with Gasteiger partial charge in [0.1, 0.15) is 0 Å². The zero-order chi connectivity index (χ0) is 14.4. The Balaban J connectivity index is 1.98. The van der Waals surface area contributed by atoms with Crippen LogP contribution in [0.4, 0.5) is 5.95 Å². The van der Waals surface area contributed by atoms with Crippen LogP contribution in [0.3, 0.4) is 0 Å². The molecule has 1 aromatic heterocycles. The highest BCUT2D eigenvalue weighted by Crippen LogP contribution is 2.28. The van der Waals surface area contributed by atoms with Gasteiger partial charge in [-0.05, 0) is 45.6 Å². The van der Waals surface area contributed by atoms with Crippen molar-refractivity contribution in [3.05, 3.63) is 17.5 Å². The standard InChI is InChI=1S/C16H28N4/c1-4-9-17-10-15-11-18-16(19-13(15)3)20(5-2)12-14-7-6-8-14/h11,14,17H,4-10,12H2,1-3H3. The Hall–Kier alpha value is -1.16. The van der Waals surface area contributed by atoms with Crippen LogP contribution in [-0.2, 0) is 6.54 Å². The molecule has 1 N–H and O–H groups in total. The van der Waals surface area contributed by atoms with Gasteiger partial charge < -0.3 is 10.2 Å². The molecule has 1 heterocycles. The van der Waals surface area contributed by atoms with E-state index < -0.39 is 0 Å². The molecule has 0 atom stereocenters. The van der Waals surface area contributed by atoms with Gasteiger partial charge >= 0.3 is 0 Å². The summed E-state index contributed by atoms with van der Waals surface area (Å²) in [6.07, 6.45) is 7.28. The first kappa shape index (κ1) is 15.2. The lowest BCUT2D eigenvalue weighted by Gasteiger charge is -2.32. The van der Waals surface area contributed by atoms with Crippen molar-refractivity contribution < 1.29 is 0 Å². The molecule has 4 nitrogen and oxygen atoms in total. The second kappa shape index (κ2) is 7.58. The third kappa shape index (κ3) is 3.92. The lowest BCUT2D eigenvalue weighted by molar-refractivity contribution is 0.317. The van der Waals surface area contributed by atoms with Crippen LogP contribution in [0, 0.1) is 12.8 Å². The molecule has 1 saturated carbocycles. The largest absolute Gasteiger partial charge is 0.341 e. The van der Waals surface area contributed by atoms with E-state index in [-0.39, 0.29) is 0 Å². The smallest absolute Gasteiger partial charge is 0.225 e. The molecule has 20 heavy (non-hydrogen) atoms. The van der Waals surface area contributed by atoms with Gasteiger partial charge in [0.2, 0.25) is 5.95 Å². The predicted octanol–water partition coefficient (Wildman–Crippen LogP) is 2.91. The molecule has 1 aliphatic carbocycles. The minimum Gasteiger partial charge on any atom is -0.341 e. The molecule has 4 heteroatoms. The van der Waals surface area contributed by atoms with Crippen molar-refractivity contribution in [3.8, 4) is 0 Å². The molecule has 112 valence electrons. The Labute approximate surface area is 123 Å². The molecule has 1 fully saturated rings. The van der Waals surface area contributed by atoms with E-state index in [1.54, 1.807) is 0 Å². The van der Waals surface area contributed by atoms with E-state index in [1.807, 2.05) is 6.20 Å². The monoisotopic (exact) mass is 276 g/mol. The number of hydrogen-bond donors (Lipinski definition) is 1. The summed E-state index contributed by atoms with van der Waals surface area (Å²) in [5.74, 6) is 1.75. The first-order valence-electron chi connectivity index (χ1n) is 8.02. The maximum absolute atomic E-state index is 4.71. The summed E-state index contributed by atoms with van der Waals surface area (Å²) in [6.45, 7) is 10.5. The molecular weight excluding hydrogens is 248 g/mol. The molecule has 1 aromatic rings. The summed E-state index contributed by atoms with van der Waals surface area (Å²) in [4.78, 5) is 11.6. The molecule has 2 rings (SSSR count). The second-order valence-electron chi connectivity index (χ2n) is 5.79. The third-order valence-corrected chi connectivity index (χ3v) is 4.18. The fourth-order valence-electron chi connectivity index (χ4n) is 2.54. The maximum Gasteiger partial charge on any atom is 0.225 e. The highest BCUT2D eigenvalue weighted by molar-refractivity contribution is 5.33. The number of anilines is 1. The van der Waals surface area contributed by atoms with Gasteiger partial charge in [-0.3, -0.25) is 0 Å². The van der Waals surface area contributed by atoms with E-state index >= 15 is 0 Å². The average Bonchev–Trinajstić information content (AvgIpc) is 2.40. The van der Waals surface area contributed by atoms with Crippen molar-refractivity contribution >= 4 is 5.95 Å². The maximum atomic E-state index is 4.71. The fraction of sp³-hybridized carbons (Fsp3) is 0.750. The SMILES string of the molecule is CCCNCc1cnc(N(CC)CC2CCC2)nc1C. The molecule has 0 radical (unpaired) electrons. The van der Waals surface area contributed by atoms with Gasteiger partial charge in [0.25, 0.3) is 0 Å². The number of aromatic nitrogens is 2. The normalized spacial score (nSPS) is 15.2. The lowest BCUT2D eigenvalue weighted by Crippen LogP contribution is -2.33. The number of nitrogens with zero attached hydrogens (tertiary/aromatic N) is 3. The van der Waals surface area contributed by atoms with Crippen molar-refractivity contribution in [2.45, 2.75) is 53.0 Å². The molecule has 0 spiro atoms. The Bertz CT molecular complexity index is 415. The van der Waals surface area contributed by atoms with Gasteiger partial charge in [-0.1, -0.05) is 13.3 Å². The average molecular weight is 276 g/mol. The van der Waals surface area contributed by atoms with Gasteiger partial charge in [0.15, 0.2) is 0 Å². The summed E-state index contributed by atoms with van der Waals surface area (Å²) in [7, 11) is 0. The first-order chi connectivity index (χ1) is 9.74. The van der Waals surface area contributed by atoms with Crippen LogP contribution in [0.15, 0.2) is 6.20 Å². The molecule has 0 bridgehead atoms. The molecule has 0 unspecified atom stereocenters. The van der Waals surface area contributed by atoms with Crippen LogP contribution < -0.4 is 10.2 Å². The Morgan fingerprint density at radius 1 is 1.35 bits per heavy atom. The van der Waals surface area contributed by atoms with E-state index in [4.69, 9.17) is 4.98 Å². The zero-order valence-corrected chi connectivity index (χ0v) is 13.2. The van der Waals surface area contributed by atoms with E-state index in [9.17, 15) is 0 Å². The van der Waals surface area contributed by atoms with Crippen molar-refractivity contribution in [1.29, 1.82) is 0 Å². The first-order valence-corrected chi connectivity index (χ1v) is 8.02. The lowest BCUT2D eigenvalue weighted by atomic mass is 9.85. The summed E-state index contributed by atoms with van der Waals surface area (Å²) < 4.78 is 0. The summed E-state index contributed by atoms with van der Waals surface area (Å²) in [5, 5.41) is 3.41. The molecule has 1 aliphatic rings. The Kier molecular flexibility index (Phi) is 5.77. The van der Waals surface area contributed by atoms with Crippen molar-refractivity contribution in [2.75, 3.05) is 24.5 Å². The van der Waals surface area contributed by atoms with E-state index in [1.165, 1.54) is 24.8 Å². The number of nitrogens with one attached hydrogen (secondary N) is 1. The van der Waals surface area contributed by atoms with E-state index in [2.05, 4.69) is 36.0 Å². The molecule has 0 aliphatic heterocycles. The van der Waals surface area contributed by atoms with Crippen LogP contribution in [0.1, 0.15) is 50.8 Å².